The summed E-state index contributed by atoms with van der Waals surface area (Å²) < 4.78 is 27.7. The first-order valence-electron chi connectivity index (χ1n) is 12.5. The molecular formula is C25H34N4O3S. The van der Waals surface area contributed by atoms with Crippen molar-refractivity contribution < 1.29 is 13.2 Å². The molecule has 3 heterocycles. The van der Waals surface area contributed by atoms with Crippen molar-refractivity contribution in [2.45, 2.75) is 68.7 Å². The van der Waals surface area contributed by atoms with Gasteiger partial charge in [0.1, 0.15) is 5.82 Å². The molecule has 2 aromatic rings. The van der Waals surface area contributed by atoms with Crippen LogP contribution in [0.4, 0.5) is 5.82 Å². The number of pyridine rings is 1. The summed E-state index contributed by atoms with van der Waals surface area (Å²) in [6.45, 7) is 2.76. The molecule has 33 heavy (non-hydrogen) atoms. The van der Waals surface area contributed by atoms with Crippen LogP contribution in [0.15, 0.2) is 35.2 Å². The predicted octanol–water partition coefficient (Wildman–Crippen LogP) is 3.68. The molecule has 1 amide bonds. The van der Waals surface area contributed by atoms with Gasteiger partial charge in [-0.2, -0.15) is 4.31 Å². The van der Waals surface area contributed by atoms with E-state index < -0.39 is 10.0 Å². The molecule has 178 valence electrons. The van der Waals surface area contributed by atoms with Crippen LogP contribution in [0.3, 0.4) is 0 Å². The molecule has 8 heteroatoms. The Kier molecular flexibility index (Phi) is 6.56. The highest BCUT2D eigenvalue weighted by Gasteiger charge is 2.29. The lowest BCUT2D eigenvalue weighted by Gasteiger charge is -2.33. The third kappa shape index (κ3) is 4.87. The van der Waals surface area contributed by atoms with E-state index in [2.05, 4.69) is 10.2 Å². The van der Waals surface area contributed by atoms with Crippen molar-refractivity contribution in [1.82, 2.24) is 14.6 Å². The van der Waals surface area contributed by atoms with Gasteiger partial charge in [-0.15, -0.1) is 0 Å². The number of hydrogen-bond donors (Lipinski definition) is 1. The molecule has 1 aromatic heterocycles. The molecular weight excluding hydrogens is 436 g/mol. The average molecular weight is 471 g/mol. The summed E-state index contributed by atoms with van der Waals surface area (Å²) in [7, 11) is -3.46. The lowest BCUT2D eigenvalue weighted by atomic mass is 9.96. The molecule has 5 rings (SSSR count). The van der Waals surface area contributed by atoms with Crippen LogP contribution in [-0.2, 0) is 14.8 Å². The first-order valence-corrected chi connectivity index (χ1v) is 13.9. The zero-order valence-electron chi connectivity index (χ0n) is 19.2. The largest absolute Gasteiger partial charge is 0.356 e. The molecule has 3 fully saturated rings. The first kappa shape index (κ1) is 22.6. The monoisotopic (exact) mass is 470 g/mol. The number of amides is 1. The standard InChI is InChI=1S/C25H34N4O3S/c30-25(26-21-8-2-3-9-21)20-7-6-14-28(18-20)24-13-10-19-17-22(11-12-23(19)27-24)33(31,32)29-15-4-1-5-16-29/h10-13,17,20-21H,1-9,14-16,18H2,(H,26,30)/t20-/m0/s1. The topological polar surface area (TPSA) is 82.6 Å². The second-order valence-electron chi connectivity index (χ2n) is 9.76. The van der Waals surface area contributed by atoms with E-state index in [4.69, 9.17) is 4.98 Å². The van der Waals surface area contributed by atoms with Crippen LogP contribution in [0.1, 0.15) is 57.8 Å². The summed E-state index contributed by atoms with van der Waals surface area (Å²) >= 11 is 0. The van der Waals surface area contributed by atoms with Crippen molar-refractivity contribution >= 4 is 32.7 Å². The Morgan fingerprint density at radius 3 is 2.48 bits per heavy atom. The minimum Gasteiger partial charge on any atom is -0.356 e. The van der Waals surface area contributed by atoms with Gasteiger partial charge in [0.05, 0.1) is 16.3 Å². The number of anilines is 1. The number of benzene rings is 1. The summed E-state index contributed by atoms with van der Waals surface area (Å²) in [6, 6.07) is 9.49. The van der Waals surface area contributed by atoms with Gasteiger partial charge >= 0.3 is 0 Å². The molecule has 0 unspecified atom stereocenters. The fourth-order valence-corrected chi connectivity index (χ4v) is 7.03. The Labute approximate surface area is 196 Å². The maximum Gasteiger partial charge on any atom is 0.243 e. The zero-order valence-corrected chi connectivity index (χ0v) is 20.0. The molecule has 0 spiro atoms. The maximum absolute atomic E-state index is 13.0. The number of aromatic nitrogens is 1. The molecule has 0 radical (unpaired) electrons. The smallest absolute Gasteiger partial charge is 0.243 e. The van der Waals surface area contributed by atoms with E-state index in [0.717, 1.165) is 68.2 Å². The van der Waals surface area contributed by atoms with Crippen LogP contribution in [0.5, 0.6) is 0 Å². The molecule has 7 nitrogen and oxygen atoms in total. The third-order valence-corrected chi connectivity index (χ3v) is 9.31. The number of piperidine rings is 2. The van der Waals surface area contributed by atoms with E-state index in [1.54, 1.807) is 16.4 Å². The fraction of sp³-hybridized carbons (Fsp3) is 0.600. The summed E-state index contributed by atoms with van der Waals surface area (Å²) in [5.74, 6) is 1.03. The highest BCUT2D eigenvalue weighted by Crippen LogP contribution is 2.28. The van der Waals surface area contributed by atoms with Gasteiger partial charge in [-0.1, -0.05) is 19.3 Å². The van der Waals surface area contributed by atoms with Crippen molar-refractivity contribution in [3.05, 3.63) is 30.3 Å². The van der Waals surface area contributed by atoms with Crippen molar-refractivity contribution in [2.75, 3.05) is 31.1 Å². The fourth-order valence-electron chi connectivity index (χ4n) is 5.47. The van der Waals surface area contributed by atoms with E-state index in [9.17, 15) is 13.2 Å². The molecule has 2 saturated heterocycles. The number of rotatable bonds is 5. The molecule has 1 saturated carbocycles. The SMILES string of the molecule is O=C(NC1CCCC1)[C@H]1CCCN(c2ccc3cc(S(=O)(=O)N4CCCCC4)ccc3n2)C1. The predicted molar refractivity (Wildman–Crippen MR) is 130 cm³/mol. The Morgan fingerprint density at radius 2 is 1.70 bits per heavy atom. The number of nitrogens with zero attached hydrogens (tertiary/aromatic N) is 3. The van der Waals surface area contributed by atoms with E-state index in [1.165, 1.54) is 12.8 Å². The van der Waals surface area contributed by atoms with Crippen molar-refractivity contribution in [3.8, 4) is 0 Å². The van der Waals surface area contributed by atoms with Crippen LogP contribution < -0.4 is 10.2 Å². The lowest BCUT2D eigenvalue weighted by molar-refractivity contribution is -0.125. The maximum atomic E-state index is 13.0. The van der Waals surface area contributed by atoms with Gasteiger partial charge in [0.15, 0.2) is 0 Å². The minimum absolute atomic E-state index is 0.00564. The Balaban J connectivity index is 1.30. The third-order valence-electron chi connectivity index (χ3n) is 7.42. The average Bonchev–Trinajstić information content (AvgIpc) is 3.37. The van der Waals surface area contributed by atoms with E-state index in [-0.39, 0.29) is 11.8 Å². The van der Waals surface area contributed by atoms with Crippen molar-refractivity contribution in [3.63, 3.8) is 0 Å². The lowest BCUT2D eigenvalue weighted by Crippen LogP contribution is -2.45. The molecule has 3 aliphatic rings. The highest BCUT2D eigenvalue weighted by atomic mass is 32.2. The van der Waals surface area contributed by atoms with Crippen molar-refractivity contribution in [1.29, 1.82) is 0 Å². The van der Waals surface area contributed by atoms with Gasteiger partial charge in [0.25, 0.3) is 0 Å². The number of carbonyl (C=O) groups is 1. The molecule has 2 aliphatic heterocycles. The van der Waals surface area contributed by atoms with Crippen LogP contribution in [0.2, 0.25) is 0 Å². The highest BCUT2D eigenvalue weighted by molar-refractivity contribution is 7.89. The quantitative estimate of drug-likeness (QED) is 0.721. The summed E-state index contributed by atoms with van der Waals surface area (Å²) in [5.41, 5.74) is 0.780. The summed E-state index contributed by atoms with van der Waals surface area (Å²) in [4.78, 5) is 20.1. The van der Waals surface area contributed by atoms with Crippen LogP contribution in [0.25, 0.3) is 10.9 Å². The van der Waals surface area contributed by atoms with Gasteiger partial charge in [0, 0.05) is 37.6 Å². The second kappa shape index (κ2) is 9.58. The Hall–Kier alpha value is -2.19. The summed E-state index contributed by atoms with van der Waals surface area (Å²) in [5, 5.41) is 4.07. The van der Waals surface area contributed by atoms with Gasteiger partial charge < -0.3 is 10.2 Å². The Morgan fingerprint density at radius 1 is 0.909 bits per heavy atom. The van der Waals surface area contributed by atoms with Crippen LogP contribution >= 0.6 is 0 Å². The number of fused-ring (bicyclic) bond motifs is 1. The Bertz CT molecular complexity index is 1110. The minimum atomic E-state index is -3.46. The number of nitrogens with one attached hydrogen (secondary N) is 1. The van der Waals surface area contributed by atoms with E-state index in [0.29, 0.717) is 30.6 Å². The van der Waals surface area contributed by atoms with Gasteiger partial charge in [-0.3, -0.25) is 4.79 Å². The zero-order chi connectivity index (χ0) is 22.8. The number of carbonyl (C=O) groups excluding carboxylic acids is 1. The molecule has 1 aliphatic carbocycles. The molecule has 1 atom stereocenters. The van der Waals surface area contributed by atoms with Gasteiger partial charge in [0.2, 0.25) is 15.9 Å². The summed E-state index contributed by atoms with van der Waals surface area (Å²) in [6.07, 6.45) is 9.45. The number of sulfonamides is 1. The molecule has 0 bridgehead atoms. The molecule has 1 N–H and O–H groups in total. The molecule has 1 aromatic carbocycles. The van der Waals surface area contributed by atoms with E-state index >= 15 is 0 Å². The second-order valence-corrected chi connectivity index (χ2v) is 11.7. The first-order chi connectivity index (χ1) is 16.0. The van der Waals surface area contributed by atoms with Gasteiger partial charge in [-0.25, -0.2) is 13.4 Å². The van der Waals surface area contributed by atoms with Crippen LogP contribution in [0, 0.1) is 5.92 Å². The number of hydrogen-bond acceptors (Lipinski definition) is 5. The normalized spacial score (nSPS) is 23.2. The van der Waals surface area contributed by atoms with Crippen molar-refractivity contribution in [2.24, 2.45) is 5.92 Å². The van der Waals surface area contributed by atoms with Crippen LogP contribution in [-0.4, -0.2) is 55.8 Å². The van der Waals surface area contributed by atoms with Gasteiger partial charge in [-0.05, 0) is 68.9 Å². The van der Waals surface area contributed by atoms with E-state index in [1.807, 2.05) is 18.2 Å².